The Balaban J connectivity index is 1.17. The molecule has 9 unspecified atom stereocenters. The first-order chi connectivity index (χ1) is 25.1. The summed E-state index contributed by atoms with van der Waals surface area (Å²) in [5.41, 5.74) is -1.13. The van der Waals surface area contributed by atoms with Crippen LogP contribution in [0.2, 0.25) is 0 Å². The van der Waals surface area contributed by atoms with Crippen molar-refractivity contribution in [1.29, 1.82) is 0 Å². The van der Waals surface area contributed by atoms with Crippen molar-refractivity contribution in [2.75, 3.05) is 52.9 Å². The van der Waals surface area contributed by atoms with Crippen LogP contribution in [-0.2, 0) is 18.3 Å². The zero-order valence-corrected chi connectivity index (χ0v) is 33.4. The second kappa shape index (κ2) is 17.2. The molecule has 1 aromatic rings. The molecule has 0 bridgehead atoms. The number of aliphatic hydroxyl groups is 4. The summed E-state index contributed by atoms with van der Waals surface area (Å²) in [5.74, 6) is 1.06. The second-order valence-electron chi connectivity index (χ2n) is 15.6. The predicted octanol–water partition coefficient (Wildman–Crippen LogP) is 0.576. The molecule has 0 saturated heterocycles. The Morgan fingerprint density at radius 1 is 0.698 bits per heavy atom. The summed E-state index contributed by atoms with van der Waals surface area (Å²) >= 11 is 0. The molecule has 15 nitrogen and oxygen atoms in total. The molecule has 0 spiro atoms. The van der Waals surface area contributed by atoms with Gasteiger partial charge in [-0.2, -0.15) is 0 Å². The third-order valence-corrected chi connectivity index (χ3v) is 11.6. The van der Waals surface area contributed by atoms with Crippen molar-refractivity contribution in [3.8, 4) is 0 Å². The molecular weight excluding hydrogens is 676 g/mol. The first kappa shape index (κ1) is 40.6. The number of ether oxygens (including phenoxy) is 1. The van der Waals surface area contributed by atoms with E-state index >= 15 is 0 Å². The summed E-state index contributed by atoms with van der Waals surface area (Å²) in [7, 11) is 4.03. The molecule has 0 radical (unpaired) electrons. The number of aliphatic hydroxyl groups excluding tert-OH is 3. The smallest absolute Gasteiger partial charge is 0.253 e. The number of aryl methyl sites for hydroxylation is 1. The molecule has 5 heterocycles. The molecule has 53 heavy (non-hydrogen) atoms. The lowest BCUT2D eigenvalue weighted by atomic mass is 10.2. The lowest BCUT2D eigenvalue weighted by Gasteiger charge is -2.40. The van der Waals surface area contributed by atoms with Gasteiger partial charge in [0, 0.05) is 103 Å². The Morgan fingerprint density at radius 2 is 1.17 bits per heavy atom. The molecule has 298 valence electrons. The summed E-state index contributed by atoms with van der Waals surface area (Å²) in [6.07, 6.45) is 18.9. The van der Waals surface area contributed by atoms with Crippen molar-refractivity contribution in [3.63, 3.8) is 0 Å². The highest BCUT2D eigenvalue weighted by molar-refractivity contribution is 5.03. The Kier molecular flexibility index (Phi) is 13.2. The number of hydrogen-bond donors (Lipinski definition) is 4. The quantitative estimate of drug-likeness (QED) is 0.148. The Hall–Kier alpha value is -3.63. The number of rotatable bonds is 19. The molecule has 0 fully saturated rings. The monoisotopic (exact) mass is 744 g/mol. The van der Waals surface area contributed by atoms with Gasteiger partial charge in [0.1, 0.15) is 25.1 Å². The molecule has 0 aliphatic carbocycles. The van der Waals surface area contributed by atoms with Crippen molar-refractivity contribution >= 4 is 0 Å². The molecule has 4 aliphatic heterocycles. The SMILES string of the molecule is CCC(O)CN1C=CN(CC(CN2C=CN(C(C)(O)Cn3cc[n+](C)c3C)C2C)OCC(O)CN2C=CN(CC(O)CN3C=CN(C)C3C)C2C)C1C. The molecule has 9 atom stereocenters. The van der Waals surface area contributed by atoms with E-state index in [0.29, 0.717) is 52.2 Å². The van der Waals surface area contributed by atoms with Crippen LogP contribution in [0.4, 0.5) is 0 Å². The minimum absolute atomic E-state index is 0.0171. The maximum atomic E-state index is 11.7. The number of aromatic nitrogens is 2. The van der Waals surface area contributed by atoms with Crippen molar-refractivity contribution < 1.29 is 29.7 Å². The van der Waals surface area contributed by atoms with Crippen LogP contribution in [0, 0.1) is 6.92 Å². The minimum Gasteiger partial charge on any atom is -0.391 e. The van der Waals surface area contributed by atoms with Crippen molar-refractivity contribution in [3.05, 3.63) is 67.8 Å². The van der Waals surface area contributed by atoms with E-state index in [-0.39, 0.29) is 37.4 Å². The van der Waals surface area contributed by atoms with E-state index in [2.05, 4.69) is 72.8 Å². The van der Waals surface area contributed by atoms with E-state index in [9.17, 15) is 20.4 Å². The van der Waals surface area contributed by atoms with E-state index in [1.54, 1.807) is 0 Å². The summed E-state index contributed by atoms with van der Waals surface area (Å²) in [6, 6.07) is 0. The summed E-state index contributed by atoms with van der Waals surface area (Å²) in [6.45, 7) is 18.0. The average molecular weight is 744 g/mol. The lowest BCUT2D eigenvalue weighted by Crippen LogP contribution is -2.54. The molecule has 0 aromatic carbocycles. The third kappa shape index (κ3) is 9.73. The highest BCUT2D eigenvalue weighted by Gasteiger charge is 2.39. The fraction of sp³-hybridized carbons (Fsp3) is 0.711. The van der Waals surface area contributed by atoms with Crippen LogP contribution in [0.3, 0.4) is 0 Å². The summed E-state index contributed by atoms with van der Waals surface area (Å²) in [4.78, 5) is 17.0. The Labute approximate surface area is 317 Å². The largest absolute Gasteiger partial charge is 0.391 e. The number of nitrogens with zero attached hydrogens (tertiary/aromatic N) is 10. The lowest BCUT2D eigenvalue weighted by molar-refractivity contribution is -0.677. The normalized spacial score (nSPS) is 26.2. The minimum atomic E-state index is -1.13. The maximum absolute atomic E-state index is 11.7. The van der Waals surface area contributed by atoms with Gasteiger partial charge in [-0.15, -0.1) is 0 Å². The summed E-state index contributed by atoms with van der Waals surface area (Å²) < 4.78 is 10.6. The van der Waals surface area contributed by atoms with Gasteiger partial charge in [0.05, 0.1) is 56.6 Å². The first-order valence-electron chi connectivity index (χ1n) is 19.3. The first-order valence-corrected chi connectivity index (χ1v) is 19.3. The van der Waals surface area contributed by atoms with Gasteiger partial charge in [-0.25, -0.2) is 9.13 Å². The Morgan fingerprint density at radius 3 is 1.68 bits per heavy atom. The van der Waals surface area contributed by atoms with Crippen LogP contribution >= 0.6 is 0 Å². The number of β-amino-alcohol motifs (C(OH)–C–C–N with tert-alkyl or cyclic N) is 3. The highest BCUT2D eigenvalue weighted by atomic mass is 16.5. The van der Waals surface area contributed by atoms with Gasteiger partial charge in [-0.05, 0) is 41.0 Å². The molecule has 0 amide bonds. The second-order valence-corrected chi connectivity index (χ2v) is 15.6. The van der Waals surface area contributed by atoms with E-state index in [1.807, 2.05) is 100 Å². The fourth-order valence-electron chi connectivity index (χ4n) is 7.57. The topological polar surface area (TPSA) is 125 Å². The van der Waals surface area contributed by atoms with Crippen LogP contribution in [0.25, 0.3) is 0 Å². The van der Waals surface area contributed by atoms with Gasteiger partial charge < -0.3 is 64.4 Å². The van der Waals surface area contributed by atoms with E-state index in [1.165, 1.54) is 0 Å². The highest BCUT2D eigenvalue weighted by Crippen LogP contribution is 2.27. The molecule has 4 N–H and O–H groups in total. The molecular formula is C38H67N10O5+. The molecule has 5 rings (SSSR count). The van der Waals surface area contributed by atoms with Gasteiger partial charge >= 0.3 is 0 Å². The van der Waals surface area contributed by atoms with Gasteiger partial charge in [0.25, 0.3) is 5.82 Å². The van der Waals surface area contributed by atoms with Crippen LogP contribution in [0.5, 0.6) is 0 Å². The van der Waals surface area contributed by atoms with Crippen LogP contribution in [-0.4, -0.2) is 172 Å². The number of imidazole rings is 1. The van der Waals surface area contributed by atoms with E-state index < -0.39 is 24.0 Å². The van der Waals surface area contributed by atoms with Crippen molar-refractivity contribution in [1.82, 2.24) is 43.8 Å². The zero-order chi connectivity index (χ0) is 38.6. The molecule has 0 saturated carbocycles. The molecule has 4 aliphatic rings. The van der Waals surface area contributed by atoms with Crippen LogP contribution in [0.15, 0.2) is 62.0 Å². The predicted molar refractivity (Wildman–Crippen MR) is 203 cm³/mol. The Bertz CT molecular complexity index is 1450. The van der Waals surface area contributed by atoms with Crippen molar-refractivity contribution in [2.24, 2.45) is 7.05 Å². The van der Waals surface area contributed by atoms with Crippen molar-refractivity contribution in [2.45, 2.75) is 116 Å². The van der Waals surface area contributed by atoms with E-state index in [4.69, 9.17) is 4.74 Å². The average Bonchev–Trinajstić information content (AvgIpc) is 3.91. The number of hydrogen-bond acceptors (Lipinski definition) is 13. The standard InChI is InChI=1S/C38H67N10O5/c1-10-34(49)21-42-17-18-45(32(42)5)25-37(26-46-19-20-48(33(46)6)38(7,52)28-47-14-12-40(9)30(47)3)53-27-36(51)24-44-16-15-43(31(44)4)23-35(50)22-41-13-11-39(8)29(41)2/h11-20,29,31-37,49-52H,10,21-28H2,1-9H3/q+1. The van der Waals surface area contributed by atoms with Gasteiger partial charge in [-0.3, -0.25) is 0 Å². The van der Waals surface area contributed by atoms with Gasteiger partial charge in [0.15, 0.2) is 5.72 Å². The fourth-order valence-corrected chi connectivity index (χ4v) is 7.57. The molecule has 1 aromatic heterocycles. The van der Waals surface area contributed by atoms with Crippen LogP contribution in [0.1, 0.15) is 53.8 Å². The molecule has 15 heteroatoms. The third-order valence-electron chi connectivity index (χ3n) is 11.6. The maximum Gasteiger partial charge on any atom is 0.253 e. The van der Waals surface area contributed by atoms with E-state index in [0.717, 1.165) is 5.82 Å². The van der Waals surface area contributed by atoms with Gasteiger partial charge in [0.2, 0.25) is 0 Å². The van der Waals surface area contributed by atoms with Crippen LogP contribution < -0.4 is 4.57 Å². The summed E-state index contributed by atoms with van der Waals surface area (Å²) in [5, 5.41) is 44.1. The van der Waals surface area contributed by atoms with Gasteiger partial charge in [-0.1, -0.05) is 6.92 Å². The zero-order valence-electron chi connectivity index (χ0n) is 33.4.